The number of rotatable bonds is 11. The molecule has 0 bridgehead atoms. The van der Waals surface area contributed by atoms with E-state index in [9.17, 15) is 22.8 Å². The number of benzene rings is 3. The molecule has 228 valence electrons. The second-order valence-electron chi connectivity index (χ2n) is 9.63. The Morgan fingerprint density at radius 3 is 2.42 bits per heavy atom. The zero-order valence-electron chi connectivity index (χ0n) is 23.1. The van der Waals surface area contributed by atoms with Crippen LogP contribution in [0.3, 0.4) is 0 Å². The number of halogens is 2. The monoisotopic (exact) mass is 648 g/mol. The first kappa shape index (κ1) is 32.1. The molecule has 2 amide bonds. The molecule has 0 atom stereocenters. The van der Waals surface area contributed by atoms with Gasteiger partial charge >= 0.3 is 5.97 Å². The number of anilines is 1. The highest BCUT2D eigenvalue weighted by Gasteiger charge is 2.23. The molecule has 4 N–H and O–H groups in total. The molecule has 1 fully saturated rings. The molecule has 14 heteroatoms. The van der Waals surface area contributed by atoms with Crippen molar-refractivity contribution < 1.29 is 32.3 Å². The van der Waals surface area contributed by atoms with Crippen LogP contribution in [0.1, 0.15) is 36.5 Å². The van der Waals surface area contributed by atoms with E-state index in [1.807, 2.05) is 0 Å². The van der Waals surface area contributed by atoms with Gasteiger partial charge in [-0.05, 0) is 68.4 Å². The predicted octanol–water partition coefficient (Wildman–Crippen LogP) is 4.50. The Balaban J connectivity index is 1.47. The number of carbonyl (C=O) groups excluding carboxylic acids is 3. The number of piperidine rings is 1. The van der Waals surface area contributed by atoms with Gasteiger partial charge in [0.2, 0.25) is 5.91 Å². The maximum absolute atomic E-state index is 13.3. The van der Waals surface area contributed by atoms with Crippen LogP contribution in [0, 0.1) is 0 Å². The highest BCUT2D eigenvalue weighted by atomic mass is 35.5. The molecule has 3 aromatic carbocycles. The van der Waals surface area contributed by atoms with E-state index in [0.29, 0.717) is 5.02 Å². The van der Waals surface area contributed by atoms with Crippen molar-refractivity contribution in [2.45, 2.75) is 37.1 Å². The third-order valence-corrected chi connectivity index (χ3v) is 8.24. The number of hydrogen-bond donors (Lipinski definition) is 4. The van der Waals surface area contributed by atoms with Gasteiger partial charge in [-0.1, -0.05) is 35.3 Å². The third kappa shape index (κ3) is 9.07. The lowest BCUT2D eigenvalue weighted by Gasteiger charge is -2.23. The SMILES string of the molecule is CC(=O)Oc1cc(S(=O)(=O)Nc2ccccc2Oc2ccc(Cl)cc2Cl)ccc1C(=O)NCCC(=O)NC1CCNCC1. The quantitative estimate of drug-likeness (QED) is 0.175. The molecule has 1 aliphatic heterocycles. The van der Waals surface area contributed by atoms with Crippen molar-refractivity contribution in [3.63, 3.8) is 0 Å². The van der Waals surface area contributed by atoms with Gasteiger partial charge < -0.3 is 25.4 Å². The molecule has 4 rings (SSSR count). The summed E-state index contributed by atoms with van der Waals surface area (Å²) in [6, 6.07) is 14.5. The molecule has 0 unspecified atom stereocenters. The van der Waals surface area contributed by atoms with Crippen LogP contribution in [0.4, 0.5) is 5.69 Å². The van der Waals surface area contributed by atoms with E-state index in [0.717, 1.165) is 38.9 Å². The molecule has 1 aliphatic rings. The average molecular weight is 650 g/mol. The van der Waals surface area contributed by atoms with E-state index in [1.165, 1.54) is 24.3 Å². The maximum atomic E-state index is 13.3. The summed E-state index contributed by atoms with van der Waals surface area (Å²) in [6.07, 6.45) is 1.73. The van der Waals surface area contributed by atoms with E-state index < -0.39 is 21.9 Å². The molecule has 43 heavy (non-hydrogen) atoms. The average Bonchev–Trinajstić information content (AvgIpc) is 2.95. The Morgan fingerprint density at radius 2 is 1.70 bits per heavy atom. The van der Waals surface area contributed by atoms with Crippen LogP contribution < -0.4 is 30.1 Å². The van der Waals surface area contributed by atoms with Crippen LogP contribution in [0.2, 0.25) is 10.0 Å². The van der Waals surface area contributed by atoms with Crippen LogP contribution in [0.15, 0.2) is 65.6 Å². The van der Waals surface area contributed by atoms with Crippen molar-refractivity contribution >= 4 is 56.7 Å². The number of esters is 1. The van der Waals surface area contributed by atoms with Crippen LogP contribution in [-0.4, -0.2) is 51.9 Å². The van der Waals surface area contributed by atoms with E-state index in [1.54, 1.807) is 30.3 Å². The Kier molecular flexibility index (Phi) is 10.9. The van der Waals surface area contributed by atoms with Gasteiger partial charge in [-0.2, -0.15) is 0 Å². The number of carbonyl (C=O) groups is 3. The molecule has 0 radical (unpaired) electrons. The van der Waals surface area contributed by atoms with Crippen LogP contribution in [0.5, 0.6) is 17.2 Å². The van der Waals surface area contributed by atoms with Gasteiger partial charge in [0.25, 0.3) is 15.9 Å². The smallest absolute Gasteiger partial charge is 0.308 e. The normalized spacial score (nSPS) is 13.6. The van der Waals surface area contributed by atoms with Crippen LogP contribution in [0.25, 0.3) is 0 Å². The topological polar surface area (TPSA) is 152 Å². The third-order valence-electron chi connectivity index (χ3n) is 6.35. The van der Waals surface area contributed by atoms with E-state index in [-0.39, 0.29) is 63.3 Å². The lowest BCUT2D eigenvalue weighted by molar-refractivity contribution is -0.132. The van der Waals surface area contributed by atoms with Gasteiger partial charge in [0.05, 0.1) is 21.2 Å². The van der Waals surface area contributed by atoms with E-state index >= 15 is 0 Å². The van der Waals surface area contributed by atoms with Crippen LogP contribution >= 0.6 is 23.2 Å². The molecule has 1 heterocycles. The predicted molar refractivity (Wildman–Crippen MR) is 163 cm³/mol. The van der Waals surface area contributed by atoms with Gasteiger partial charge in [0, 0.05) is 37.0 Å². The fourth-order valence-corrected chi connectivity index (χ4v) is 5.80. The van der Waals surface area contributed by atoms with Crippen molar-refractivity contribution in [3.8, 4) is 17.2 Å². The van der Waals surface area contributed by atoms with Crippen molar-refractivity contribution in [2.75, 3.05) is 24.4 Å². The zero-order valence-corrected chi connectivity index (χ0v) is 25.4. The molecule has 11 nitrogen and oxygen atoms in total. The number of para-hydroxylation sites is 2. The highest BCUT2D eigenvalue weighted by molar-refractivity contribution is 7.92. The minimum absolute atomic E-state index is 0.0329. The van der Waals surface area contributed by atoms with Crippen molar-refractivity contribution in [3.05, 3.63) is 76.3 Å². The lowest BCUT2D eigenvalue weighted by Crippen LogP contribution is -2.43. The van der Waals surface area contributed by atoms with Crippen molar-refractivity contribution in [2.24, 2.45) is 0 Å². The van der Waals surface area contributed by atoms with E-state index in [4.69, 9.17) is 32.7 Å². The largest absolute Gasteiger partial charge is 0.454 e. The Hall–Kier alpha value is -3.84. The molecule has 3 aromatic rings. The Morgan fingerprint density at radius 1 is 0.953 bits per heavy atom. The number of hydrogen-bond acceptors (Lipinski definition) is 8. The molecular formula is C29H30Cl2N4O7S. The Bertz CT molecular complexity index is 1610. The minimum atomic E-state index is -4.25. The first-order valence-corrected chi connectivity index (χ1v) is 15.6. The molecule has 0 spiro atoms. The molecule has 1 saturated heterocycles. The maximum Gasteiger partial charge on any atom is 0.308 e. The zero-order chi connectivity index (χ0) is 31.0. The fraction of sp³-hybridized carbons (Fsp3) is 0.276. The lowest BCUT2D eigenvalue weighted by atomic mass is 10.1. The second kappa shape index (κ2) is 14.6. The molecular weight excluding hydrogens is 619 g/mol. The standard InChI is InChI=1S/C29H30Cl2N4O7S/c1-18(36)41-27-17-21(7-8-22(27)29(38)33-15-12-28(37)34-20-10-13-32-14-11-20)43(39,40)35-24-4-2-3-5-26(24)42-25-9-6-19(30)16-23(25)31/h2-9,16-17,20,32,35H,10-15H2,1H3,(H,33,38)(H,34,37). The van der Waals surface area contributed by atoms with Gasteiger partial charge in [-0.3, -0.25) is 19.1 Å². The van der Waals surface area contributed by atoms with Crippen molar-refractivity contribution in [1.29, 1.82) is 0 Å². The summed E-state index contributed by atoms with van der Waals surface area (Å²) in [4.78, 5) is 36.7. The Labute approximate surface area is 259 Å². The summed E-state index contributed by atoms with van der Waals surface area (Å²) >= 11 is 12.1. The summed E-state index contributed by atoms with van der Waals surface area (Å²) in [5, 5.41) is 9.42. The van der Waals surface area contributed by atoms with Gasteiger partial charge in [-0.15, -0.1) is 0 Å². The van der Waals surface area contributed by atoms with Gasteiger partial charge in [0.1, 0.15) is 11.5 Å². The van der Waals surface area contributed by atoms with Crippen LogP contribution in [-0.2, 0) is 19.6 Å². The van der Waals surface area contributed by atoms with Gasteiger partial charge in [0.15, 0.2) is 5.75 Å². The van der Waals surface area contributed by atoms with Crippen molar-refractivity contribution in [1.82, 2.24) is 16.0 Å². The molecule has 0 aromatic heterocycles. The number of nitrogens with one attached hydrogen (secondary N) is 4. The number of amides is 2. The van der Waals surface area contributed by atoms with E-state index in [2.05, 4.69) is 20.7 Å². The number of sulfonamides is 1. The second-order valence-corrected chi connectivity index (χ2v) is 12.2. The summed E-state index contributed by atoms with van der Waals surface area (Å²) in [7, 11) is -4.25. The summed E-state index contributed by atoms with van der Waals surface area (Å²) in [5.41, 5.74) is 0.0289. The first-order valence-electron chi connectivity index (χ1n) is 13.4. The molecule has 0 aliphatic carbocycles. The highest BCUT2D eigenvalue weighted by Crippen LogP contribution is 2.36. The number of ether oxygens (including phenoxy) is 2. The minimum Gasteiger partial charge on any atom is -0.454 e. The first-order chi connectivity index (χ1) is 20.5. The molecule has 0 saturated carbocycles. The summed E-state index contributed by atoms with van der Waals surface area (Å²) in [6.45, 7) is 2.83. The summed E-state index contributed by atoms with van der Waals surface area (Å²) < 4.78 is 40.2. The summed E-state index contributed by atoms with van der Waals surface area (Å²) in [5.74, 6) is -1.42. The fourth-order valence-electron chi connectivity index (χ4n) is 4.27. The van der Waals surface area contributed by atoms with Gasteiger partial charge in [-0.25, -0.2) is 8.42 Å².